The number of nitrogens with zero attached hydrogens (tertiary/aromatic N) is 1. The van der Waals surface area contributed by atoms with Crippen molar-refractivity contribution < 1.29 is 9.90 Å². The monoisotopic (exact) mass is 262 g/mol. The molecular formula is C15H22N2O2. The van der Waals surface area contributed by atoms with Crippen LogP contribution in [-0.2, 0) is 11.2 Å². The number of aliphatic hydroxyl groups excluding tert-OH is 1. The van der Waals surface area contributed by atoms with Gasteiger partial charge in [-0.1, -0.05) is 18.2 Å². The number of hydrogen-bond donors (Lipinski definition) is 2. The van der Waals surface area contributed by atoms with Crippen LogP contribution in [0.15, 0.2) is 24.3 Å². The van der Waals surface area contributed by atoms with Gasteiger partial charge < -0.3 is 15.3 Å². The standard InChI is InChI=1S/C15H22N2O2/c1-11(18)9-10-17(2)15(19)14-8-7-12-5-3-4-6-13(12)16-14/h3-6,11,14,16,18H,7-10H2,1-2H3. The molecule has 1 heterocycles. The Morgan fingerprint density at radius 2 is 2.26 bits per heavy atom. The second kappa shape index (κ2) is 6.06. The molecule has 0 aromatic heterocycles. The molecular weight excluding hydrogens is 240 g/mol. The quantitative estimate of drug-likeness (QED) is 0.867. The molecule has 104 valence electrons. The number of likely N-dealkylation sites (N-methyl/N-ethyl adjacent to an activating group) is 1. The number of para-hydroxylation sites is 1. The number of rotatable bonds is 4. The van der Waals surface area contributed by atoms with E-state index in [-0.39, 0.29) is 18.1 Å². The van der Waals surface area contributed by atoms with Gasteiger partial charge in [-0.25, -0.2) is 0 Å². The number of hydrogen-bond acceptors (Lipinski definition) is 3. The molecule has 0 spiro atoms. The predicted molar refractivity (Wildman–Crippen MR) is 76.1 cm³/mol. The van der Waals surface area contributed by atoms with E-state index in [4.69, 9.17) is 0 Å². The fraction of sp³-hybridized carbons (Fsp3) is 0.533. The van der Waals surface area contributed by atoms with Gasteiger partial charge in [0.15, 0.2) is 0 Å². The Labute approximate surface area is 114 Å². The lowest BCUT2D eigenvalue weighted by atomic mass is 9.97. The Kier molecular flexibility index (Phi) is 4.43. The van der Waals surface area contributed by atoms with Crippen molar-refractivity contribution >= 4 is 11.6 Å². The number of benzene rings is 1. The summed E-state index contributed by atoms with van der Waals surface area (Å²) in [7, 11) is 1.80. The first-order chi connectivity index (χ1) is 9.08. The summed E-state index contributed by atoms with van der Waals surface area (Å²) < 4.78 is 0. The number of fused-ring (bicyclic) bond motifs is 1. The third-order valence-electron chi connectivity index (χ3n) is 3.61. The Morgan fingerprint density at radius 3 is 3.00 bits per heavy atom. The molecule has 1 aliphatic heterocycles. The predicted octanol–water partition coefficient (Wildman–Crippen LogP) is 1.64. The summed E-state index contributed by atoms with van der Waals surface area (Å²) in [6.45, 7) is 2.34. The van der Waals surface area contributed by atoms with E-state index in [0.29, 0.717) is 13.0 Å². The first kappa shape index (κ1) is 13.9. The molecule has 4 nitrogen and oxygen atoms in total. The summed E-state index contributed by atoms with van der Waals surface area (Å²) in [4.78, 5) is 14.0. The first-order valence-corrected chi connectivity index (χ1v) is 6.85. The molecule has 0 radical (unpaired) electrons. The van der Waals surface area contributed by atoms with Gasteiger partial charge in [-0.3, -0.25) is 4.79 Å². The minimum absolute atomic E-state index is 0.107. The minimum Gasteiger partial charge on any atom is -0.393 e. The van der Waals surface area contributed by atoms with E-state index in [1.807, 2.05) is 18.2 Å². The van der Waals surface area contributed by atoms with E-state index in [1.54, 1.807) is 18.9 Å². The Balaban J connectivity index is 1.95. The summed E-state index contributed by atoms with van der Waals surface area (Å²) in [5.41, 5.74) is 2.34. The SMILES string of the molecule is CC(O)CCN(C)C(=O)C1CCc2ccccc2N1. The second-order valence-electron chi connectivity index (χ2n) is 5.29. The number of carbonyl (C=O) groups excluding carboxylic acids is 1. The van der Waals surface area contributed by atoms with Crippen LogP contribution in [0.1, 0.15) is 25.3 Å². The van der Waals surface area contributed by atoms with Crippen molar-refractivity contribution in [1.29, 1.82) is 0 Å². The van der Waals surface area contributed by atoms with E-state index < -0.39 is 0 Å². The van der Waals surface area contributed by atoms with Gasteiger partial charge in [0.05, 0.1) is 6.10 Å². The van der Waals surface area contributed by atoms with Crippen molar-refractivity contribution in [2.24, 2.45) is 0 Å². The van der Waals surface area contributed by atoms with E-state index in [0.717, 1.165) is 18.5 Å². The maximum Gasteiger partial charge on any atom is 0.244 e. The number of aryl methyl sites for hydroxylation is 1. The molecule has 2 atom stereocenters. The molecule has 0 bridgehead atoms. The summed E-state index contributed by atoms with van der Waals surface area (Å²) in [6.07, 6.45) is 2.01. The van der Waals surface area contributed by atoms with Gasteiger partial charge in [0.1, 0.15) is 6.04 Å². The maximum absolute atomic E-state index is 12.3. The van der Waals surface area contributed by atoms with Crippen LogP contribution in [0.3, 0.4) is 0 Å². The van der Waals surface area contributed by atoms with Crippen molar-refractivity contribution in [1.82, 2.24) is 4.90 Å². The van der Waals surface area contributed by atoms with Crippen LogP contribution in [-0.4, -0.2) is 41.7 Å². The van der Waals surface area contributed by atoms with Crippen LogP contribution in [0.2, 0.25) is 0 Å². The van der Waals surface area contributed by atoms with Crippen LogP contribution in [0.25, 0.3) is 0 Å². The molecule has 1 aromatic rings. The van der Waals surface area contributed by atoms with E-state index >= 15 is 0 Å². The maximum atomic E-state index is 12.3. The lowest BCUT2D eigenvalue weighted by Gasteiger charge is -2.29. The van der Waals surface area contributed by atoms with Crippen molar-refractivity contribution in [3.63, 3.8) is 0 Å². The number of aliphatic hydroxyl groups is 1. The number of amides is 1. The smallest absolute Gasteiger partial charge is 0.244 e. The van der Waals surface area contributed by atoms with Gasteiger partial charge in [0.25, 0.3) is 0 Å². The average Bonchev–Trinajstić information content (AvgIpc) is 2.43. The molecule has 1 aliphatic rings. The van der Waals surface area contributed by atoms with E-state index in [9.17, 15) is 9.90 Å². The van der Waals surface area contributed by atoms with E-state index in [2.05, 4.69) is 11.4 Å². The molecule has 2 rings (SSSR count). The number of anilines is 1. The zero-order valence-corrected chi connectivity index (χ0v) is 11.6. The molecule has 1 amide bonds. The van der Waals surface area contributed by atoms with Gasteiger partial charge in [-0.15, -0.1) is 0 Å². The number of carbonyl (C=O) groups is 1. The lowest BCUT2D eigenvalue weighted by Crippen LogP contribution is -2.43. The normalized spacial score (nSPS) is 19.2. The van der Waals surface area contributed by atoms with Gasteiger partial charge in [-0.05, 0) is 37.8 Å². The van der Waals surface area contributed by atoms with E-state index in [1.165, 1.54) is 5.56 Å². The molecule has 4 heteroatoms. The van der Waals surface area contributed by atoms with Crippen molar-refractivity contribution in [2.45, 2.75) is 38.3 Å². The molecule has 2 N–H and O–H groups in total. The van der Waals surface area contributed by atoms with Gasteiger partial charge in [0, 0.05) is 19.3 Å². The lowest BCUT2D eigenvalue weighted by molar-refractivity contribution is -0.131. The van der Waals surface area contributed by atoms with Crippen LogP contribution in [0.5, 0.6) is 0 Å². The molecule has 19 heavy (non-hydrogen) atoms. The molecule has 0 fully saturated rings. The first-order valence-electron chi connectivity index (χ1n) is 6.85. The minimum atomic E-state index is -0.365. The van der Waals surface area contributed by atoms with Crippen LogP contribution < -0.4 is 5.32 Å². The molecule has 1 aromatic carbocycles. The van der Waals surface area contributed by atoms with Crippen molar-refractivity contribution in [3.05, 3.63) is 29.8 Å². The third-order valence-corrected chi connectivity index (χ3v) is 3.61. The zero-order valence-electron chi connectivity index (χ0n) is 11.6. The fourth-order valence-electron chi connectivity index (χ4n) is 2.38. The fourth-order valence-corrected chi connectivity index (χ4v) is 2.38. The van der Waals surface area contributed by atoms with Crippen molar-refractivity contribution in [2.75, 3.05) is 18.9 Å². The highest BCUT2D eigenvalue weighted by Gasteiger charge is 2.25. The van der Waals surface area contributed by atoms with Crippen molar-refractivity contribution in [3.8, 4) is 0 Å². The van der Waals surface area contributed by atoms with Gasteiger partial charge in [-0.2, -0.15) is 0 Å². The largest absolute Gasteiger partial charge is 0.393 e. The Morgan fingerprint density at radius 1 is 1.53 bits per heavy atom. The molecule has 0 aliphatic carbocycles. The average molecular weight is 262 g/mol. The number of nitrogens with one attached hydrogen (secondary N) is 1. The van der Waals surface area contributed by atoms with Crippen LogP contribution in [0, 0.1) is 0 Å². The molecule has 0 saturated carbocycles. The zero-order chi connectivity index (χ0) is 13.8. The van der Waals surface area contributed by atoms with Gasteiger partial charge >= 0.3 is 0 Å². The third kappa shape index (κ3) is 3.47. The molecule has 2 unspecified atom stereocenters. The molecule has 0 saturated heterocycles. The summed E-state index contributed by atoms with van der Waals surface area (Å²) in [6, 6.07) is 7.98. The Hall–Kier alpha value is -1.55. The Bertz CT molecular complexity index is 446. The van der Waals surface area contributed by atoms with Gasteiger partial charge in [0.2, 0.25) is 5.91 Å². The highest BCUT2D eigenvalue weighted by Crippen LogP contribution is 2.24. The summed E-state index contributed by atoms with van der Waals surface area (Å²) in [5, 5.41) is 12.6. The van der Waals surface area contributed by atoms with Crippen LogP contribution in [0.4, 0.5) is 5.69 Å². The topological polar surface area (TPSA) is 52.6 Å². The second-order valence-corrected chi connectivity index (χ2v) is 5.29. The summed E-state index contributed by atoms with van der Waals surface area (Å²) >= 11 is 0. The highest BCUT2D eigenvalue weighted by molar-refractivity contribution is 5.85. The highest BCUT2D eigenvalue weighted by atomic mass is 16.3. The van der Waals surface area contributed by atoms with Crippen LogP contribution >= 0.6 is 0 Å². The summed E-state index contributed by atoms with van der Waals surface area (Å²) in [5.74, 6) is 0.107.